The fourth-order valence-electron chi connectivity index (χ4n) is 0.788. The lowest BCUT2D eigenvalue weighted by atomic mass is 10.2. The molecular weight excluding hydrogens is 292 g/mol. The van der Waals surface area contributed by atoms with E-state index < -0.39 is 4.92 Å². The average Bonchev–Trinajstić information content (AvgIpc) is 2.00. The van der Waals surface area contributed by atoms with E-state index in [1.54, 1.807) is 6.92 Å². The Bertz CT molecular complexity index is 340. The highest BCUT2D eigenvalue weighted by atomic mass is 127. The van der Waals surface area contributed by atoms with Gasteiger partial charge in [-0.1, -0.05) is 11.6 Å². The van der Waals surface area contributed by atoms with E-state index in [1.807, 2.05) is 22.6 Å². The predicted molar refractivity (Wildman–Crippen MR) is 55.6 cm³/mol. The lowest BCUT2D eigenvalue weighted by Crippen LogP contribution is -1.93. The molecule has 0 atom stereocenters. The van der Waals surface area contributed by atoms with Crippen LogP contribution in [-0.2, 0) is 0 Å². The van der Waals surface area contributed by atoms with Crippen molar-refractivity contribution >= 4 is 39.9 Å². The fourth-order valence-corrected chi connectivity index (χ4v) is 1.77. The molecule has 0 aliphatic carbocycles. The Balaban J connectivity index is 3.36. The summed E-state index contributed by atoms with van der Waals surface area (Å²) in [6.45, 7) is 1.76. The Morgan fingerprint density at radius 1 is 1.58 bits per heavy atom. The molecule has 0 saturated carbocycles. The van der Waals surface area contributed by atoms with E-state index in [1.165, 1.54) is 12.1 Å². The van der Waals surface area contributed by atoms with Gasteiger partial charge in [0.2, 0.25) is 0 Å². The number of nitro benzene ring substituents is 1. The maximum absolute atomic E-state index is 10.4. The summed E-state index contributed by atoms with van der Waals surface area (Å²) >= 11 is 7.68. The number of rotatable bonds is 1. The van der Waals surface area contributed by atoms with E-state index >= 15 is 0 Å². The maximum atomic E-state index is 10.4. The van der Waals surface area contributed by atoms with Crippen LogP contribution in [0.25, 0.3) is 0 Å². The second-order valence-electron chi connectivity index (χ2n) is 2.26. The molecule has 5 heteroatoms. The van der Waals surface area contributed by atoms with Crippen LogP contribution in [-0.4, -0.2) is 4.92 Å². The van der Waals surface area contributed by atoms with Gasteiger partial charge in [-0.3, -0.25) is 10.1 Å². The zero-order valence-electron chi connectivity index (χ0n) is 6.17. The first-order valence-corrected chi connectivity index (χ1v) is 4.58. The molecule has 1 rings (SSSR count). The zero-order chi connectivity index (χ0) is 9.30. The molecule has 0 aromatic heterocycles. The summed E-state index contributed by atoms with van der Waals surface area (Å²) in [7, 11) is 0. The lowest BCUT2D eigenvalue weighted by molar-refractivity contribution is -0.385. The highest BCUT2D eigenvalue weighted by Gasteiger charge is 2.14. The van der Waals surface area contributed by atoms with Crippen molar-refractivity contribution in [1.82, 2.24) is 0 Å². The molecular formula is C7H5ClINO2. The molecule has 1 aromatic carbocycles. The summed E-state index contributed by atoms with van der Waals surface area (Å²) in [5.41, 5.74) is 0.865. The van der Waals surface area contributed by atoms with Crippen LogP contribution in [0.1, 0.15) is 5.56 Å². The normalized spacial score (nSPS) is 9.92. The Morgan fingerprint density at radius 2 is 2.17 bits per heavy atom. The Hall–Kier alpha value is -0.360. The fraction of sp³-hybridized carbons (Fsp3) is 0.143. The van der Waals surface area contributed by atoms with Gasteiger partial charge in [-0.05, 0) is 41.1 Å². The van der Waals surface area contributed by atoms with Gasteiger partial charge in [0.05, 0.1) is 8.49 Å². The third-order valence-corrected chi connectivity index (χ3v) is 3.27. The van der Waals surface area contributed by atoms with Crippen LogP contribution in [0.4, 0.5) is 5.69 Å². The number of nitro groups is 1. The van der Waals surface area contributed by atoms with Crippen LogP contribution in [0.2, 0.25) is 5.02 Å². The molecule has 0 saturated heterocycles. The molecule has 0 aliphatic rings. The summed E-state index contributed by atoms with van der Waals surface area (Å²) in [4.78, 5) is 10.0. The van der Waals surface area contributed by atoms with E-state index in [9.17, 15) is 10.1 Å². The van der Waals surface area contributed by atoms with Crippen LogP contribution >= 0.6 is 34.2 Å². The van der Waals surface area contributed by atoms with Gasteiger partial charge in [0.1, 0.15) is 0 Å². The van der Waals surface area contributed by atoms with E-state index in [0.29, 0.717) is 8.59 Å². The molecule has 1 aromatic rings. The van der Waals surface area contributed by atoms with Gasteiger partial charge in [-0.2, -0.15) is 0 Å². The maximum Gasteiger partial charge on any atom is 0.283 e. The van der Waals surface area contributed by atoms with Crippen LogP contribution in [0.15, 0.2) is 12.1 Å². The molecule has 0 aliphatic heterocycles. The van der Waals surface area contributed by atoms with Crippen molar-refractivity contribution in [1.29, 1.82) is 0 Å². The monoisotopic (exact) mass is 297 g/mol. The number of benzene rings is 1. The van der Waals surface area contributed by atoms with Crippen molar-refractivity contribution in [2.45, 2.75) is 6.92 Å². The molecule has 12 heavy (non-hydrogen) atoms. The summed E-state index contributed by atoms with van der Waals surface area (Å²) < 4.78 is 0.602. The van der Waals surface area contributed by atoms with Gasteiger partial charge < -0.3 is 0 Å². The molecule has 0 unspecified atom stereocenters. The second kappa shape index (κ2) is 3.57. The number of hydrogen-bond acceptors (Lipinski definition) is 2. The molecule has 3 nitrogen and oxygen atoms in total. The Kier molecular flexibility index (Phi) is 2.89. The quantitative estimate of drug-likeness (QED) is 0.454. The first-order valence-electron chi connectivity index (χ1n) is 3.13. The number of halogens is 2. The van der Waals surface area contributed by atoms with Crippen LogP contribution in [0.5, 0.6) is 0 Å². The smallest absolute Gasteiger partial charge is 0.258 e. The highest BCUT2D eigenvalue weighted by Crippen LogP contribution is 2.28. The van der Waals surface area contributed by atoms with E-state index in [0.717, 1.165) is 5.56 Å². The van der Waals surface area contributed by atoms with E-state index in [-0.39, 0.29) is 5.69 Å². The summed E-state index contributed by atoms with van der Waals surface area (Å²) in [6, 6.07) is 2.95. The SMILES string of the molecule is Cc1c(Cl)ccc([N+](=O)[O-])c1I. The zero-order valence-corrected chi connectivity index (χ0v) is 9.09. The first kappa shape index (κ1) is 9.73. The predicted octanol–water partition coefficient (Wildman–Crippen LogP) is 3.16. The first-order chi connectivity index (χ1) is 5.54. The lowest BCUT2D eigenvalue weighted by Gasteiger charge is -2.00. The van der Waals surface area contributed by atoms with Gasteiger partial charge in [-0.25, -0.2) is 0 Å². The van der Waals surface area contributed by atoms with Crippen molar-refractivity contribution in [2.75, 3.05) is 0 Å². The molecule has 64 valence electrons. The van der Waals surface area contributed by atoms with Crippen molar-refractivity contribution in [3.05, 3.63) is 36.4 Å². The number of nitrogens with zero attached hydrogens (tertiary/aromatic N) is 1. The number of hydrogen-bond donors (Lipinski definition) is 0. The van der Waals surface area contributed by atoms with Crippen LogP contribution < -0.4 is 0 Å². The third kappa shape index (κ3) is 1.69. The molecule has 0 bridgehead atoms. The highest BCUT2D eigenvalue weighted by molar-refractivity contribution is 14.1. The third-order valence-electron chi connectivity index (χ3n) is 1.50. The standard InChI is InChI=1S/C7H5ClINO2/c1-4-5(8)2-3-6(7(4)9)10(11)12/h2-3H,1H3. The largest absolute Gasteiger partial charge is 0.283 e. The van der Waals surface area contributed by atoms with Crippen LogP contribution in [0, 0.1) is 20.6 Å². The van der Waals surface area contributed by atoms with E-state index in [4.69, 9.17) is 11.6 Å². The molecule has 0 N–H and O–H groups in total. The van der Waals surface area contributed by atoms with Crippen LogP contribution in [0.3, 0.4) is 0 Å². The Labute approximate surface area is 88.0 Å². The molecule has 0 amide bonds. The van der Waals surface area contributed by atoms with E-state index in [2.05, 4.69) is 0 Å². The van der Waals surface area contributed by atoms with Crippen molar-refractivity contribution < 1.29 is 4.92 Å². The van der Waals surface area contributed by atoms with Crippen molar-refractivity contribution in [2.24, 2.45) is 0 Å². The van der Waals surface area contributed by atoms with Gasteiger partial charge >= 0.3 is 0 Å². The van der Waals surface area contributed by atoms with Crippen molar-refractivity contribution in [3.8, 4) is 0 Å². The molecule has 0 fully saturated rings. The molecule has 0 radical (unpaired) electrons. The minimum absolute atomic E-state index is 0.109. The van der Waals surface area contributed by atoms with Gasteiger partial charge in [0, 0.05) is 11.1 Å². The van der Waals surface area contributed by atoms with Gasteiger partial charge in [0.15, 0.2) is 0 Å². The average molecular weight is 297 g/mol. The minimum atomic E-state index is -0.412. The van der Waals surface area contributed by atoms with Crippen molar-refractivity contribution in [3.63, 3.8) is 0 Å². The topological polar surface area (TPSA) is 43.1 Å². The summed E-state index contributed by atoms with van der Waals surface area (Å²) in [6.07, 6.45) is 0. The second-order valence-corrected chi connectivity index (χ2v) is 3.75. The molecule has 0 heterocycles. The summed E-state index contributed by atoms with van der Waals surface area (Å²) in [5, 5.41) is 11.0. The summed E-state index contributed by atoms with van der Waals surface area (Å²) in [5.74, 6) is 0. The van der Waals surface area contributed by atoms with Gasteiger partial charge in [0.25, 0.3) is 5.69 Å². The van der Waals surface area contributed by atoms with Gasteiger partial charge in [-0.15, -0.1) is 0 Å². The Morgan fingerprint density at radius 3 is 2.67 bits per heavy atom. The minimum Gasteiger partial charge on any atom is -0.258 e. The molecule has 0 spiro atoms.